The number of thiocarbonyl (C=S) groups is 1. The van der Waals surface area contributed by atoms with Crippen LogP contribution in [0.3, 0.4) is 0 Å². The summed E-state index contributed by atoms with van der Waals surface area (Å²) in [5.74, 6) is -0.0550. The SMILES string of the molecule is O=S(=O)(c1ccc(O)c(NC(=S)NCc2cccs2)c1)N1CCCC1. The van der Waals surface area contributed by atoms with E-state index in [2.05, 4.69) is 10.6 Å². The molecule has 1 fully saturated rings. The Morgan fingerprint density at radius 2 is 2.04 bits per heavy atom. The summed E-state index contributed by atoms with van der Waals surface area (Å²) in [6.45, 7) is 1.63. The largest absolute Gasteiger partial charge is 0.506 e. The highest BCUT2D eigenvalue weighted by molar-refractivity contribution is 7.89. The number of hydrogen-bond acceptors (Lipinski definition) is 5. The number of phenols is 1. The fourth-order valence-electron chi connectivity index (χ4n) is 2.60. The molecule has 9 heteroatoms. The smallest absolute Gasteiger partial charge is 0.243 e. The molecule has 2 aromatic rings. The van der Waals surface area contributed by atoms with Gasteiger partial charge in [0.25, 0.3) is 0 Å². The molecule has 25 heavy (non-hydrogen) atoms. The lowest BCUT2D eigenvalue weighted by atomic mass is 10.3. The van der Waals surface area contributed by atoms with Crippen molar-refractivity contribution in [2.24, 2.45) is 0 Å². The van der Waals surface area contributed by atoms with Crippen LogP contribution in [0.1, 0.15) is 17.7 Å². The van der Waals surface area contributed by atoms with Crippen molar-refractivity contribution in [3.8, 4) is 5.75 Å². The van der Waals surface area contributed by atoms with Gasteiger partial charge in [-0.25, -0.2) is 8.42 Å². The number of sulfonamides is 1. The Morgan fingerprint density at radius 1 is 1.28 bits per heavy atom. The van der Waals surface area contributed by atoms with E-state index in [4.69, 9.17) is 12.2 Å². The lowest BCUT2D eigenvalue weighted by molar-refractivity contribution is 0.473. The quantitative estimate of drug-likeness (QED) is 0.532. The van der Waals surface area contributed by atoms with Crippen LogP contribution in [0, 0.1) is 0 Å². The molecular weight excluding hydrogens is 378 g/mol. The van der Waals surface area contributed by atoms with Crippen molar-refractivity contribution in [3.63, 3.8) is 0 Å². The Balaban J connectivity index is 1.72. The van der Waals surface area contributed by atoms with Crippen LogP contribution >= 0.6 is 23.6 Å². The molecule has 1 aromatic heterocycles. The third-order valence-corrected chi connectivity index (χ3v) is 6.94. The number of anilines is 1. The van der Waals surface area contributed by atoms with E-state index in [9.17, 15) is 13.5 Å². The average Bonchev–Trinajstić information content (AvgIpc) is 3.28. The molecule has 0 radical (unpaired) electrons. The average molecular weight is 398 g/mol. The van der Waals surface area contributed by atoms with Crippen LogP contribution in [0.15, 0.2) is 40.6 Å². The topological polar surface area (TPSA) is 81.7 Å². The van der Waals surface area contributed by atoms with Gasteiger partial charge in [0, 0.05) is 18.0 Å². The van der Waals surface area contributed by atoms with Gasteiger partial charge in [-0.3, -0.25) is 0 Å². The number of phenolic OH excluding ortho intramolecular Hbond substituents is 1. The normalized spacial score (nSPS) is 15.2. The summed E-state index contributed by atoms with van der Waals surface area (Å²) in [5, 5.41) is 18.2. The predicted molar refractivity (Wildman–Crippen MR) is 103 cm³/mol. The minimum atomic E-state index is -3.54. The van der Waals surface area contributed by atoms with Crippen molar-refractivity contribution in [1.82, 2.24) is 9.62 Å². The van der Waals surface area contributed by atoms with Gasteiger partial charge in [-0.05, 0) is 54.7 Å². The van der Waals surface area contributed by atoms with E-state index in [1.165, 1.54) is 22.5 Å². The van der Waals surface area contributed by atoms with Crippen LogP contribution in [0.4, 0.5) is 5.69 Å². The second kappa shape index (κ2) is 7.69. The first-order valence-corrected chi connectivity index (χ1v) is 10.6. The molecule has 1 saturated heterocycles. The molecule has 0 unspecified atom stereocenters. The van der Waals surface area contributed by atoms with Crippen LogP contribution < -0.4 is 10.6 Å². The molecule has 1 aliphatic heterocycles. The number of benzene rings is 1. The number of nitrogens with zero attached hydrogens (tertiary/aromatic N) is 1. The molecular formula is C16H19N3O3S3. The summed E-state index contributed by atoms with van der Waals surface area (Å²) >= 11 is 6.83. The molecule has 0 saturated carbocycles. The first-order valence-electron chi connectivity index (χ1n) is 7.87. The lowest BCUT2D eigenvalue weighted by Crippen LogP contribution is -2.29. The molecule has 134 valence electrons. The van der Waals surface area contributed by atoms with Gasteiger partial charge in [-0.2, -0.15) is 4.31 Å². The maximum Gasteiger partial charge on any atom is 0.243 e. The van der Waals surface area contributed by atoms with E-state index >= 15 is 0 Å². The Hall–Kier alpha value is -1.68. The zero-order valence-corrected chi connectivity index (χ0v) is 15.9. The minimum absolute atomic E-state index is 0.0550. The molecule has 6 nitrogen and oxygen atoms in total. The second-order valence-corrected chi connectivity index (χ2v) is 9.06. The van der Waals surface area contributed by atoms with Gasteiger partial charge in [-0.1, -0.05) is 6.07 Å². The Kier molecular flexibility index (Phi) is 5.57. The minimum Gasteiger partial charge on any atom is -0.506 e. The van der Waals surface area contributed by atoms with Gasteiger partial charge in [0.1, 0.15) is 5.75 Å². The molecule has 3 N–H and O–H groups in total. The van der Waals surface area contributed by atoms with Crippen molar-refractivity contribution in [2.75, 3.05) is 18.4 Å². The van der Waals surface area contributed by atoms with E-state index in [0.29, 0.717) is 24.7 Å². The van der Waals surface area contributed by atoms with E-state index in [1.54, 1.807) is 11.3 Å². The fraction of sp³-hybridized carbons (Fsp3) is 0.312. The first-order chi connectivity index (χ1) is 12.0. The van der Waals surface area contributed by atoms with Gasteiger partial charge in [0.2, 0.25) is 10.0 Å². The molecule has 0 spiro atoms. The van der Waals surface area contributed by atoms with Gasteiger partial charge < -0.3 is 15.7 Å². The van der Waals surface area contributed by atoms with Crippen LogP contribution in [0.5, 0.6) is 5.75 Å². The number of nitrogens with one attached hydrogen (secondary N) is 2. The number of thiophene rings is 1. The summed E-state index contributed by atoms with van der Waals surface area (Å²) in [4.78, 5) is 1.27. The van der Waals surface area contributed by atoms with E-state index < -0.39 is 10.0 Å². The third-order valence-electron chi connectivity index (χ3n) is 3.92. The van der Waals surface area contributed by atoms with Gasteiger partial charge in [0.15, 0.2) is 5.11 Å². The molecule has 0 amide bonds. The van der Waals surface area contributed by atoms with Gasteiger partial charge in [-0.15, -0.1) is 11.3 Å². The highest BCUT2D eigenvalue weighted by Crippen LogP contribution is 2.29. The zero-order chi connectivity index (χ0) is 17.9. The first kappa shape index (κ1) is 18.1. The third kappa shape index (κ3) is 4.30. The van der Waals surface area contributed by atoms with Crippen molar-refractivity contribution >= 4 is 44.4 Å². The lowest BCUT2D eigenvalue weighted by Gasteiger charge is -2.17. The molecule has 2 heterocycles. The van der Waals surface area contributed by atoms with E-state index in [0.717, 1.165) is 17.7 Å². The van der Waals surface area contributed by atoms with Crippen molar-refractivity contribution in [3.05, 3.63) is 40.6 Å². The Morgan fingerprint density at radius 3 is 2.72 bits per heavy atom. The summed E-state index contributed by atoms with van der Waals surface area (Å²) in [6, 6.07) is 8.14. The monoisotopic (exact) mass is 397 g/mol. The van der Waals surface area contributed by atoms with Crippen molar-refractivity contribution in [1.29, 1.82) is 0 Å². The summed E-state index contributed by atoms with van der Waals surface area (Å²) in [5.41, 5.74) is 0.268. The van der Waals surface area contributed by atoms with Crippen LogP contribution in [0.25, 0.3) is 0 Å². The number of aromatic hydroxyl groups is 1. The van der Waals surface area contributed by atoms with E-state index in [-0.39, 0.29) is 16.3 Å². The molecule has 1 aromatic carbocycles. The number of hydrogen-bond donors (Lipinski definition) is 3. The second-order valence-electron chi connectivity index (χ2n) is 5.68. The molecule has 3 rings (SSSR count). The maximum absolute atomic E-state index is 12.6. The van der Waals surface area contributed by atoms with Crippen LogP contribution in [-0.4, -0.2) is 36.0 Å². The maximum atomic E-state index is 12.6. The summed E-state index contributed by atoms with van der Waals surface area (Å²) < 4.78 is 26.7. The zero-order valence-electron chi connectivity index (χ0n) is 13.4. The van der Waals surface area contributed by atoms with E-state index in [1.807, 2.05) is 17.5 Å². The molecule has 0 atom stereocenters. The van der Waals surface area contributed by atoms with Crippen LogP contribution in [-0.2, 0) is 16.6 Å². The molecule has 1 aliphatic rings. The fourth-order valence-corrected chi connectivity index (χ4v) is 4.97. The van der Waals surface area contributed by atoms with Crippen LogP contribution in [0.2, 0.25) is 0 Å². The number of rotatable bonds is 5. The predicted octanol–water partition coefficient (Wildman–Crippen LogP) is 2.72. The summed E-state index contributed by atoms with van der Waals surface area (Å²) in [6.07, 6.45) is 1.75. The standard InChI is InChI=1S/C16H19N3O3S3/c20-15-6-5-13(25(21,22)19-7-1-2-8-19)10-14(15)18-16(23)17-11-12-4-3-9-24-12/h3-6,9-10,20H,1-2,7-8,11H2,(H2,17,18,23). The Labute approximate surface area is 156 Å². The van der Waals surface area contributed by atoms with Crippen molar-refractivity contribution in [2.45, 2.75) is 24.3 Å². The highest BCUT2D eigenvalue weighted by atomic mass is 32.2. The van der Waals surface area contributed by atoms with Gasteiger partial charge in [0.05, 0.1) is 17.1 Å². The van der Waals surface area contributed by atoms with Gasteiger partial charge >= 0.3 is 0 Å². The summed E-state index contributed by atoms with van der Waals surface area (Å²) in [7, 11) is -3.54. The Bertz CT molecular complexity index is 845. The highest BCUT2D eigenvalue weighted by Gasteiger charge is 2.27. The molecule has 0 aliphatic carbocycles. The molecule has 0 bridgehead atoms. The van der Waals surface area contributed by atoms with Crippen molar-refractivity contribution < 1.29 is 13.5 Å².